The molecule has 1 aromatic heterocycles. The molecule has 5 nitrogen and oxygen atoms in total. The van der Waals surface area contributed by atoms with Crippen molar-refractivity contribution in [2.24, 2.45) is 5.73 Å². The molecule has 0 spiro atoms. The Kier molecular flexibility index (Phi) is 3.07. The number of anilines is 2. The Morgan fingerprint density at radius 2 is 2.25 bits per heavy atom. The smallest absolute Gasteiger partial charge is 0.320 e. The van der Waals surface area contributed by atoms with Gasteiger partial charge in [0, 0.05) is 0 Å². The summed E-state index contributed by atoms with van der Waals surface area (Å²) in [5, 5.41) is 11.0. The van der Waals surface area contributed by atoms with Gasteiger partial charge in [-0.3, -0.25) is 0 Å². The summed E-state index contributed by atoms with van der Waals surface area (Å²) < 4.78 is 5.20. The number of halogens is 1. The standard InChI is InChI=1S/C10H11ClN4O/c1-6-2-3-8(7(11)4-6)13-10-15-14-9(5-12)16-10/h2-4H,5,12H2,1H3,(H,13,15). The van der Waals surface area contributed by atoms with E-state index >= 15 is 0 Å². The second kappa shape index (κ2) is 4.51. The molecular weight excluding hydrogens is 228 g/mol. The van der Waals surface area contributed by atoms with Gasteiger partial charge in [0.15, 0.2) is 0 Å². The molecule has 0 unspecified atom stereocenters. The summed E-state index contributed by atoms with van der Waals surface area (Å²) >= 11 is 6.04. The zero-order valence-electron chi connectivity index (χ0n) is 8.70. The van der Waals surface area contributed by atoms with E-state index in [1.54, 1.807) is 0 Å². The van der Waals surface area contributed by atoms with E-state index in [9.17, 15) is 0 Å². The van der Waals surface area contributed by atoms with E-state index in [4.69, 9.17) is 21.8 Å². The summed E-state index contributed by atoms with van der Waals surface area (Å²) in [5.74, 6) is 0.380. The van der Waals surface area contributed by atoms with Crippen molar-refractivity contribution in [3.8, 4) is 0 Å². The second-order valence-corrected chi connectivity index (χ2v) is 3.72. The molecule has 3 N–H and O–H groups in total. The first-order valence-electron chi connectivity index (χ1n) is 4.74. The van der Waals surface area contributed by atoms with Gasteiger partial charge in [-0.05, 0) is 24.6 Å². The van der Waals surface area contributed by atoms with Gasteiger partial charge in [0.2, 0.25) is 5.89 Å². The molecule has 0 amide bonds. The largest absolute Gasteiger partial charge is 0.406 e. The van der Waals surface area contributed by atoms with Crippen molar-refractivity contribution in [3.05, 3.63) is 34.7 Å². The van der Waals surface area contributed by atoms with E-state index < -0.39 is 0 Å². The Labute approximate surface area is 97.6 Å². The first-order valence-corrected chi connectivity index (χ1v) is 5.12. The molecule has 0 aliphatic rings. The summed E-state index contributed by atoms with van der Waals surface area (Å²) in [5.41, 5.74) is 7.16. The van der Waals surface area contributed by atoms with Gasteiger partial charge in [-0.2, -0.15) is 0 Å². The molecule has 1 aromatic carbocycles. The molecular formula is C10H11ClN4O. The molecule has 0 bridgehead atoms. The molecule has 84 valence electrons. The van der Waals surface area contributed by atoms with Crippen LogP contribution >= 0.6 is 11.6 Å². The number of nitrogens with one attached hydrogen (secondary N) is 1. The van der Waals surface area contributed by atoms with Crippen LogP contribution in [0.15, 0.2) is 22.6 Å². The number of nitrogens with two attached hydrogens (primary N) is 1. The molecule has 0 saturated carbocycles. The van der Waals surface area contributed by atoms with Gasteiger partial charge >= 0.3 is 6.01 Å². The van der Waals surface area contributed by atoms with Gasteiger partial charge in [-0.25, -0.2) is 0 Å². The molecule has 16 heavy (non-hydrogen) atoms. The fourth-order valence-electron chi connectivity index (χ4n) is 1.22. The average molecular weight is 239 g/mol. The predicted molar refractivity (Wildman–Crippen MR) is 61.7 cm³/mol. The summed E-state index contributed by atoms with van der Waals surface area (Å²) in [7, 11) is 0. The van der Waals surface area contributed by atoms with E-state index in [0.717, 1.165) is 11.3 Å². The minimum Gasteiger partial charge on any atom is -0.406 e. The van der Waals surface area contributed by atoms with Gasteiger partial charge in [0.05, 0.1) is 17.3 Å². The second-order valence-electron chi connectivity index (χ2n) is 3.31. The first kappa shape index (κ1) is 10.9. The van der Waals surface area contributed by atoms with E-state index in [1.165, 1.54) is 0 Å². The Morgan fingerprint density at radius 1 is 1.44 bits per heavy atom. The van der Waals surface area contributed by atoms with E-state index in [1.807, 2.05) is 25.1 Å². The topological polar surface area (TPSA) is 77.0 Å². The number of rotatable bonds is 3. The Bertz CT molecular complexity index is 497. The highest BCUT2D eigenvalue weighted by molar-refractivity contribution is 6.33. The monoisotopic (exact) mass is 238 g/mol. The summed E-state index contributed by atoms with van der Waals surface area (Å²) in [6.45, 7) is 2.19. The van der Waals surface area contributed by atoms with Gasteiger partial charge in [-0.15, -0.1) is 5.10 Å². The number of aryl methyl sites for hydroxylation is 1. The molecule has 2 aromatic rings. The molecule has 0 fully saturated rings. The predicted octanol–water partition coefficient (Wildman–Crippen LogP) is 2.23. The van der Waals surface area contributed by atoms with Crippen LogP contribution in [0.25, 0.3) is 0 Å². The van der Waals surface area contributed by atoms with E-state index in [-0.39, 0.29) is 12.6 Å². The lowest BCUT2D eigenvalue weighted by molar-refractivity contribution is 0.511. The van der Waals surface area contributed by atoms with Crippen LogP contribution in [0.4, 0.5) is 11.7 Å². The zero-order valence-corrected chi connectivity index (χ0v) is 9.45. The molecule has 0 aliphatic carbocycles. The Hall–Kier alpha value is -1.59. The molecule has 0 atom stereocenters. The van der Waals surface area contributed by atoms with Crippen LogP contribution in [0.5, 0.6) is 0 Å². The minimum absolute atomic E-state index is 0.219. The van der Waals surface area contributed by atoms with Crippen LogP contribution in [0, 0.1) is 6.92 Å². The lowest BCUT2D eigenvalue weighted by Gasteiger charge is -2.04. The number of hydrogen-bond donors (Lipinski definition) is 2. The van der Waals surface area contributed by atoms with Crippen LogP contribution in [-0.4, -0.2) is 10.2 Å². The number of aromatic nitrogens is 2. The van der Waals surface area contributed by atoms with Crippen LogP contribution in [0.1, 0.15) is 11.5 Å². The van der Waals surface area contributed by atoms with Crippen molar-refractivity contribution in [3.63, 3.8) is 0 Å². The maximum atomic E-state index is 6.04. The average Bonchev–Trinajstić information content (AvgIpc) is 2.70. The fraction of sp³-hybridized carbons (Fsp3) is 0.200. The van der Waals surface area contributed by atoms with Crippen LogP contribution in [0.2, 0.25) is 5.02 Å². The maximum absolute atomic E-state index is 6.04. The Balaban J connectivity index is 2.20. The van der Waals surface area contributed by atoms with Crippen molar-refractivity contribution < 1.29 is 4.42 Å². The maximum Gasteiger partial charge on any atom is 0.320 e. The van der Waals surface area contributed by atoms with E-state index in [2.05, 4.69) is 15.5 Å². The quantitative estimate of drug-likeness (QED) is 0.858. The van der Waals surface area contributed by atoms with Gasteiger partial charge < -0.3 is 15.5 Å². The molecule has 0 radical (unpaired) electrons. The van der Waals surface area contributed by atoms with Crippen LogP contribution < -0.4 is 11.1 Å². The van der Waals surface area contributed by atoms with Gasteiger partial charge in [-0.1, -0.05) is 22.8 Å². The highest BCUT2D eigenvalue weighted by Gasteiger charge is 2.06. The highest BCUT2D eigenvalue weighted by atomic mass is 35.5. The summed E-state index contributed by atoms with van der Waals surface area (Å²) in [6.07, 6.45) is 0. The molecule has 0 aliphatic heterocycles. The number of benzene rings is 1. The van der Waals surface area contributed by atoms with Gasteiger partial charge in [0.1, 0.15) is 0 Å². The minimum atomic E-state index is 0.219. The van der Waals surface area contributed by atoms with Crippen LogP contribution in [-0.2, 0) is 6.54 Å². The van der Waals surface area contributed by atoms with Crippen molar-refractivity contribution in [1.82, 2.24) is 10.2 Å². The van der Waals surface area contributed by atoms with Gasteiger partial charge in [0.25, 0.3) is 0 Å². The molecule has 6 heteroatoms. The molecule has 2 rings (SSSR count). The number of hydrogen-bond acceptors (Lipinski definition) is 5. The number of nitrogens with zero attached hydrogens (tertiary/aromatic N) is 2. The molecule has 0 saturated heterocycles. The molecule has 1 heterocycles. The first-order chi connectivity index (χ1) is 7.69. The third kappa shape index (κ3) is 2.32. The highest BCUT2D eigenvalue weighted by Crippen LogP contribution is 2.25. The lowest BCUT2D eigenvalue weighted by atomic mass is 10.2. The van der Waals surface area contributed by atoms with E-state index in [0.29, 0.717) is 10.9 Å². The van der Waals surface area contributed by atoms with Crippen molar-refractivity contribution in [2.45, 2.75) is 13.5 Å². The van der Waals surface area contributed by atoms with Crippen LogP contribution in [0.3, 0.4) is 0 Å². The fourth-order valence-corrected chi connectivity index (χ4v) is 1.51. The lowest BCUT2D eigenvalue weighted by Crippen LogP contribution is -1.95. The van der Waals surface area contributed by atoms with Crippen molar-refractivity contribution in [1.29, 1.82) is 0 Å². The SMILES string of the molecule is Cc1ccc(Nc2nnc(CN)o2)c(Cl)c1. The zero-order chi connectivity index (χ0) is 11.5. The van der Waals surface area contributed by atoms with Crippen molar-refractivity contribution in [2.75, 3.05) is 5.32 Å². The third-order valence-corrected chi connectivity index (χ3v) is 2.32. The normalized spacial score (nSPS) is 10.4. The van der Waals surface area contributed by atoms with Crippen molar-refractivity contribution >= 4 is 23.3 Å². The summed E-state index contributed by atoms with van der Waals surface area (Å²) in [6, 6.07) is 5.92. The third-order valence-electron chi connectivity index (χ3n) is 2.01. The Morgan fingerprint density at radius 3 is 2.88 bits per heavy atom. The summed E-state index contributed by atoms with van der Waals surface area (Å²) in [4.78, 5) is 0.